The molecular weight excluding hydrogens is 198 g/mol. The molecule has 0 amide bonds. The summed E-state index contributed by atoms with van der Waals surface area (Å²) in [6, 6.07) is 4.11. The van der Waals surface area contributed by atoms with Crippen molar-refractivity contribution in [2.45, 2.75) is 13.0 Å². The van der Waals surface area contributed by atoms with Crippen molar-refractivity contribution in [1.29, 1.82) is 0 Å². The summed E-state index contributed by atoms with van der Waals surface area (Å²) in [5.41, 5.74) is 0.385. The van der Waals surface area contributed by atoms with Gasteiger partial charge in [0.15, 0.2) is 6.29 Å². The zero-order valence-electron chi connectivity index (χ0n) is 7.46. The van der Waals surface area contributed by atoms with E-state index in [-0.39, 0.29) is 0 Å². The van der Waals surface area contributed by atoms with Crippen LogP contribution in [-0.4, -0.2) is 21.3 Å². The first-order valence-corrected chi connectivity index (χ1v) is 5.14. The van der Waals surface area contributed by atoms with Gasteiger partial charge in [-0.15, -0.1) is 16.4 Å². The molecule has 2 aromatic rings. The molecule has 0 saturated heterocycles. The van der Waals surface area contributed by atoms with Gasteiger partial charge in [-0.2, -0.15) is 0 Å². The van der Waals surface area contributed by atoms with Crippen LogP contribution in [0.5, 0.6) is 0 Å². The Labute approximate surface area is 85.2 Å². The SMILES string of the molecule is O=Cc1cn(CCc2cccs2)nn1. The van der Waals surface area contributed by atoms with Crippen LogP contribution < -0.4 is 0 Å². The van der Waals surface area contributed by atoms with Gasteiger partial charge in [0.2, 0.25) is 0 Å². The zero-order chi connectivity index (χ0) is 9.80. The first-order valence-electron chi connectivity index (χ1n) is 4.26. The fourth-order valence-electron chi connectivity index (χ4n) is 1.16. The Balaban J connectivity index is 1.95. The molecule has 0 atom stereocenters. The third-order valence-corrected chi connectivity index (χ3v) is 2.78. The van der Waals surface area contributed by atoms with E-state index in [9.17, 15) is 4.79 Å². The number of rotatable bonds is 4. The Bertz CT molecular complexity index is 407. The van der Waals surface area contributed by atoms with Gasteiger partial charge in [0.25, 0.3) is 0 Å². The number of carbonyl (C=O) groups is 1. The fraction of sp³-hybridized carbons (Fsp3) is 0.222. The smallest absolute Gasteiger partial charge is 0.171 e. The minimum Gasteiger partial charge on any atom is -0.296 e. The molecule has 0 unspecified atom stereocenters. The van der Waals surface area contributed by atoms with E-state index in [4.69, 9.17) is 0 Å². The second-order valence-electron chi connectivity index (χ2n) is 2.85. The first kappa shape index (κ1) is 9.08. The van der Waals surface area contributed by atoms with E-state index in [1.165, 1.54) is 4.88 Å². The highest BCUT2D eigenvalue weighted by Crippen LogP contribution is 2.09. The number of carbonyl (C=O) groups excluding carboxylic acids is 1. The van der Waals surface area contributed by atoms with Gasteiger partial charge in [-0.3, -0.25) is 9.48 Å². The average molecular weight is 207 g/mol. The minimum absolute atomic E-state index is 0.385. The van der Waals surface area contributed by atoms with Crippen LogP contribution in [0.3, 0.4) is 0 Å². The molecule has 14 heavy (non-hydrogen) atoms. The summed E-state index contributed by atoms with van der Waals surface area (Å²) >= 11 is 1.72. The average Bonchev–Trinajstić information content (AvgIpc) is 2.86. The molecule has 0 aliphatic heterocycles. The van der Waals surface area contributed by atoms with E-state index in [0.29, 0.717) is 12.0 Å². The van der Waals surface area contributed by atoms with Crippen molar-refractivity contribution in [2.75, 3.05) is 0 Å². The van der Waals surface area contributed by atoms with E-state index in [2.05, 4.69) is 16.4 Å². The summed E-state index contributed by atoms with van der Waals surface area (Å²) in [6.45, 7) is 0.765. The van der Waals surface area contributed by atoms with E-state index in [1.54, 1.807) is 22.2 Å². The summed E-state index contributed by atoms with van der Waals surface area (Å²) in [5, 5.41) is 9.56. The molecule has 0 radical (unpaired) electrons. The van der Waals surface area contributed by atoms with Gasteiger partial charge in [-0.25, -0.2) is 0 Å². The van der Waals surface area contributed by atoms with Crippen LogP contribution in [0.25, 0.3) is 0 Å². The molecule has 2 rings (SSSR count). The van der Waals surface area contributed by atoms with Crippen LogP contribution in [0.1, 0.15) is 15.4 Å². The Morgan fingerprint density at radius 2 is 2.50 bits per heavy atom. The van der Waals surface area contributed by atoms with Crippen molar-refractivity contribution < 1.29 is 4.79 Å². The number of aryl methyl sites for hydroxylation is 2. The maximum atomic E-state index is 10.3. The zero-order valence-corrected chi connectivity index (χ0v) is 8.28. The summed E-state index contributed by atoms with van der Waals surface area (Å²) in [7, 11) is 0. The summed E-state index contributed by atoms with van der Waals surface area (Å²) in [4.78, 5) is 11.7. The summed E-state index contributed by atoms with van der Waals surface area (Å²) < 4.78 is 1.68. The van der Waals surface area contributed by atoms with Crippen LogP contribution in [0, 0.1) is 0 Å². The predicted octanol–water partition coefficient (Wildman–Crippen LogP) is 1.39. The van der Waals surface area contributed by atoms with Crippen LogP contribution in [0.2, 0.25) is 0 Å². The number of aldehydes is 1. The molecule has 2 heterocycles. The number of thiophene rings is 1. The number of nitrogens with zero attached hydrogens (tertiary/aromatic N) is 3. The van der Waals surface area contributed by atoms with Crippen molar-refractivity contribution >= 4 is 17.6 Å². The molecule has 0 aliphatic rings. The van der Waals surface area contributed by atoms with Crippen molar-refractivity contribution in [3.8, 4) is 0 Å². The lowest BCUT2D eigenvalue weighted by molar-refractivity contribution is 0.111. The quantitative estimate of drug-likeness (QED) is 0.712. The number of hydrogen-bond acceptors (Lipinski definition) is 4. The standard InChI is InChI=1S/C9H9N3OS/c13-7-8-6-12(11-10-8)4-3-9-2-1-5-14-9/h1-2,5-7H,3-4H2. The first-order chi connectivity index (χ1) is 6.88. The molecule has 4 nitrogen and oxygen atoms in total. The molecule has 0 N–H and O–H groups in total. The lowest BCUT2D eigenvalue weighted by Gasteiger charge is -1.96. The number of aromatic nitrogens is 3. The molecule has 0 spiro atoms. The molecule has 5 heteroatoms. The van der Waals surface area contributed by atoms with Gasteiger partial charge in [0.05, 0.1) is 6.20 Å². The van der Waals surface area contributed by atoms with Crippen molar-refractivity contribution in [3.63, 3.8) is 0 Å². The Hall–Kier alpha value is -1.49. The minimum atomic E-state index is 0.385. The third kappa shape index (κ3) is 2.05. The maximum absolute atomic E-state index is 10.3. The van der Waals surface area contributed by atoms with Crippen molar-refractivity contribution in [2.24, 2.45) is 0 Å². The van der Waals surface area contributed by atoms with E-state index in [1.807, 2.05) is 11.4 Å². The lowest BCUT2D eigenvalue weighted by Crippen LogP contribution is -2.00. The van der Waals surface area contributed by atoms with Gasteiger partial charge in [-0.1, -0.05) is 11.3 Å². The van der Waals surface area contributed by atoms with Gasteiger partial charge in [-0.05, 0) is 11.4 Å². The molecule has 0 aromatic carbocycles. The van der Waals surface area contributed by atoms with Gasteiger partial charge >= 0.3 is 0 Å². The topological polar surface area (TPSA) is 47.8 Å². The molecule has 0 bridgehead atoms. The van der Waals surface area contributed by atoms with Gasteiger partial charge < -0.3 is 0 Å². The van der Waals surface area contributed by atoms with E-state index < -0.39 is 0 Å². The third-order valence-electron chi connectivity index (χ3n) is 1.84. The van der Waals surface area contributed by atoms with Crippen molar-refractivity contribution in [3.05, 3.63) is 34.3 Å². The lowest BCUT2D eigenvalue weighted by atomic mass is 10.3. The highest BCUT2D eigenvalue weighted by molar-refractivity contribution is 7.09. The Kier molecular flexibility index (Phi) is 2.69. The molecule has 72 valence electrons. The largest absolute Gasteiger partial charge is 0.296 e. The monoisotopic (exact) mass is 207 g/mol. The molecule has 0 saturated carbocycles. The summed E-state index contributed by atoms with van der Waals surface area (Å²) in [6.07, 6.45) is 3.29. The second kappa shape index (κ2) is 4.15. The van der Waals surface area contributed by atoms with E-state index >= 15 is 0 Å². The maximum Gasteiger partial charge on any atom is 0.171 e. The Morgan fingerprint density at radius 1 is 1.57 bits per heavy atom. The highest BCUT2D eigenvalue weighted by Gasteiger charge is 1.99. The van der Waals surface area contributed by atoms with Gasteiger partial charge in [0, 0.05) is 17.8 Å². The molecule has 2 aromatic heterocycles. The molecular formula is C9H9N3OS. The second-order valence-corrected chi connectivity index (χ2v) is 3.89. The van der Waals surface area contributed by atoms with Crippen LogP contribution in [-0.2, 0) is 13.0 Å². The van der Waals surface area contributed by atoms with E-state index in [0.717, 1.165) is 13.0 Å². The van der Waals surface area contributed by atoms with Crippen LogP contribution >= 0.6 is 11.3 Å². The normalized spacial score (nSPS) is 10.3. The molecule has 0 aliphatic carbocycles. The summed E-state index contributed by atoms with van der Waals surface area (Å²) in [5.74, 6) is 0. The Morgan fingerprint density at radius 3 is 3.14 bits per heavy atom. The predicted molar refractivity (Wildman–Crippen MR) is 53.4 cm³/mol. The van der Waals surface area contributed by atoms with Crippen LogP contribution in [0.4, 0.5) is 0 Å². The fourth-order valence-corrected chi connectivity index (χ4v) is 1.85. The van der Waals surface area contributed by atoms with Crippen molar-refractivity contribution in [1.82, 2.24) is 15.0 Å². The highest BCUT2D eigenvalue weighted by atomic mass is 32.1. The van der Waals surface area contributed by atoms with Crippen LogP contribution in [0.15, 0.2) is 23.7 Å². The number of hydrogen-bond donors (Lipinski definition) is 0. The van der Waals surface area contributed by atoms with Gasteiger partial charge in [0.1, 0.15) is 5.69 Å². The molecule has 0 fully saturated rings.